The molecule has 0 radical (unpaired) electrons. The lowest BCUT2D eigenvalue weighted by molar-refractivity contribution is -0.384. The third-order valence-corrected chi connectivity index (χ3v) is 8.23. The predicted molar refractivity (Wildman–Crippen MR) is 154 cm³/mol. The van der Waals surface area contributed by atoms with Gasteiger partial charge >= 0.3 is 5.97 Å². The molecule has 2 aromatic heterocycles. The van der Waals surface area contributed by atoms with Crippen LogP contribution in [0.2, 0.25) is 5.02 Å². The third kappa shape index (κ3) is 5.15. The largest absolute Gasteiger partial charge is 0.463 e. The van der Waals surface area contributed by atoms with Gasteiger partial charge in [0.1, 0.15) is 11.5 Å². The van der Waals surface area contributed by atoms with Crippen LogP contribution >= 0.6 is 34.7 Å². The maximum Gasteiger partial charge on any atom is 0.338 e. The number of ether oxygens (including phenoxy) is 1. The van der Waals surface area contributed by atoms with Crippen molar-refractivity contribution in [3.05, 3.63) is 112 Å². The Morgan fingerprint density at radius 1 is 1.25 bits per heavy atom. The number of nitro groups is 1. The number of esters is 1. The second-order valence-corrected chi connectivity index (χ2v) is 11.0. The normalized spacial score (nSPS) is 15.1. The summed E-state index contributed by atoms with van der Waals surface area (Å²) in [6, 6.07) is 14.5. The van der Waals surface area contributed by atoms with Gasteiger partial charge in [0.15, 0.2) is 4.80 Å². The van der Waals surface area contributed by atoms with E-state index in [9.17, 15) is 19.7 Å². The number of rotatable bonds is 7. The van der Waals surface area contributed by atoms with Crippen molar-refractivity contribution in [1.29, 1.82) is 0 Å². The highest BCUT2D eigenvalue weighted by molar-refractivity contribution is 7.98. The van der Waals surface area contributed by atoms with Gasteiger partial charge in [-0.05, 0) is 62.1 Å². The zero-order chi connectivity index (χ0) is 28.6. The summed E-state index contributed by atoms with van der Waals surface area (Å²) in [4.78, 5) is 43.9. The number of benzene rings is 2. The quantitative estimate of drug-likeness (QED) is 0.122. The first-order valence-electron chi connectivity index (χ1n) is 12.1. The number of hydrogen-bond donors (Lipinski definition) is 0. The van der Waals surface area contributed by atoms with Gasteiger partial charge in [-0.25, -0.2) is 9.79 Å². The lowest BCUT2D eigenvalue weighted by Crippen LogP contribution is -2.39. The molecule has 9 nitrogen and oxygen atoms in total. The second-order valence-electron chi connectivity index (χ2n) is 8.70. The number of halogens is 1. The minimum atomic E-state index is -0.725. The Balaban J connectivity index is 1.63. The van der Waals surface area contributed by atoms with Gasteiger partial charge in [-0.3, -0.25) is 19.5 Å². The van der Waals surface area contributed by atoms with E-state index in [1.807, 2.05) is 30.5 Å². The molecule has 0 aliphatic carbocycles. The Hall–Kier alpha value is -3.93. The highest BCUT2D eigenvalue weighted by atomic mass is 35.5. The van der Waals surface area contributed by atoms with E-state index in [2.05, 4.69) is 4.99 Å². The number of carbonyl (C=O) groups excluding carboxylic acids is 1. The van der Waals surface area contributed by atoms with Crippen LogP contribution in [-0.2, 0) is 9.53 Å². The van der Waals surface area contributed by atoms with Crippen molar-refractivity contribution in [3.8, 4) is 11.3 Å². The molecule has 2 aromatic carbocycles. The molecule has 4 aromatic rings. The number of allylic oxidation sites excluding steroid dienone is 1. The fourth-order valence-corrected chi connectivity index (χ4v) is 6.06. The van der Waals surface area contributed by atoms with E-state index in [1.165, 1.54) is 16.7 Å². The summed E-state index contributed by atoms with van der Waals surface area (Å²) in [7, 11) is 0. The molecule has 0 N–H and O–H groups in total. The van der Waals surface area contributed by atoms with Gasteiger partial charge in [0.2, 0.25) is 0 Å². The van der Waals surface area contributed by atoms with Crippen molar-refractivity contribution in [2.45, 2.75) is 24.8 Å². The molecule has 3 heterocycles. The van der Waals surface area contributed by atoms with Crippen molar-refractivity contribution in [2.24, 2.45) is 4.99 Å². The van der Waals surface area contributed by atoms with Crippen LogP contribution in [0.5, 0.6) is 0 Å². The summed E-state index contributed by atoms with van der Waals surface area (Å²) in [6.07, 6.45) is 3.53. The molecule has 0 amide bonds. The Morgan fingerprint density at radius 2 is 2.00 bits per heavy atom. The zero-order valence-corrected chi connectivity index (χ0v) is 23.9. The average Bonchev–Trinajstić information content (AvgIpc) is 3.52. The molecule has 0 saturated heterocycles. The molecule has 0 bridgehead atoms. The number of carbonyl (C=O) groups is 1. The number of fused-ring (bicyclic) bond motifs is 1. The third-order valence-electron chi connectivity index (χ3n) is 6.27. The van der Waals surface area contributed by atoms with Crippen LogP contribution in [0.4, 0.5) is 5.69 Å². The molecule has 1 atom stereocenters. The standard InChI is InChI=1S/C28H22ClN3O6S2/c1-4-37-27(34)24-15(2)30-28-31(25(24)16-5-9-19(39-3)10-6-16)26(33)23(40-28)14-18-8-12-22(38-18)20-11-7-17(29)13-21(20)32(35)36/h5-14,25H,4H2,1-3H3/b23-14-. The van der Waals surface area contributed by atoms with Crippen molar-refractivity contribution in [1.82, 2.24) is 4.57 Å². The van der Waals surface area contributed by atoms with E-state index in [-0.39, 0.29) is 34.2 Å². The second kappa shape index (κ2) is 11.3. The molecular weight excluding hydrogens is 574 g/mol. The number of nitro benzene ring substituents is 1. The van der Waals surface area contributed by atoms with E-state index in [0.717, 1.165) is 21.8 Å². The Kier molecular flexibility index (Phi) is 7.79. The number of aromatic nitrogens is 1. The molecule has 12 heteroatoms. The molecule has 0 spiro atoms. The van der Waals surface area contributed by atoms with Gasteiger partial charge in [0.05, 0.1) is 38.9 Å². The molecule has 40 heavy (non-hydrogen) atoms. The summed E-state index contributed by atoms with van der Waals surface area (Å²) in [5.74, 6) is 0.0542. The van der Waals surface area contributed by atoms with Gasteiger partial charge in [0.25, 0.3) is 11.2 Å². The maximum absolute atomic E-state index is 13.8. The topological polar surface area (TPSA) is 117 Å². The first-order chi connectivity index (χ1) is 19.2. The van der Waals surface area contributed by atoms with Crippen LogP contribution in [0.3, 0.4) is 0 Å². The maximum atomic E-state index is 13.8. The van der Waals surface area contributed by atoms with Crippen molar-refractivity contribution < 1.29 is 18.9 Å². The average molecular weight is 596 g/mol. The van der Waals surface area contributed by atoms with E-state index >= 15 is 0 Å². The van der Waals surface area contributed by atoms with Crippen molar-refractivity contribution >= 4 is 52.4 Å². The molecule has 0 saturated carbocycles. The highest BCUT2D eigenvalue weighted by Gasteiger charge is 2.33. The van der Waals surface area contributed by atoms with Crippen LogP contribution in [-0.4, -0.2) is 28.3 Å². The fourth-order valence-electron chi connectivity index (χ4n) is 4.46. The van der Waals surface area contributed by atoms with Gasteiger partial charge < -0.3 is 9.15 Å². The first kappa shape index (κ1) is 27.6. The smallest absolute Gasteiger partial charge is 0.338 e. The molecule has 1 unspecified atom stereocenters. The van der Waals surface area contributed by atoms with Crippen LogP contribution < -0.4 is 14.9 Å². The zero-order valence-electron chi connectivity index (χ0n) is 21.5. The van der Waals surface area contributed by atoms with Crippen molar-refractivity contribution in [3.63, 3.8) is 0 Å². The molecule has 1 aliphatic heterocycles. The number of thioether (sulfide) groups is 1. The highest BCUT2D eigenvalue weighted by Crippen LogP contribution is 2.34. The Labute approximate surface area is 241 Å². The molecule has 204 valence electrons. The molecule has 0 fully saturated rings. The number of hydrogen-bond acceptors (Lipinski definition) is 9. The summed E-state index contributed by atoms with van der Waals surface area (Å²) >= 11 is 8.69. The van der Waals surface area contributed by atoms with Gasteiger partial charge in [-0.2, -0.15) is 0 Å². The molecule has 1 aliphatic rings. The van der Waals surface area contributed by atoms with Crippen LogP contribution in [0.25, 0.3) is 17.4 Å². The first-order valence-corrected chi connectivity index (χ1v) is 14.5. The summed E-state index contributed by atoms with van der Waals surface area (Å²) in [5, 5.41) is 11.8. The van der Waals surface area contributed by atoms with Gasteiger partial charge in [0, 0.05) is 22.1 Å². The van der Waals surface area contributed by atoms with Crippen molar-refractivity contribution in [2.75, 3.05) is 12.9 Å². The Morgan fingerprint density at radius 3 is 2.67 bits per heavy atom. The Bertz CT molecular complexity index is 1850. The lowest BCUT2D eigenvalue weighted by Gasteiger charge is -2.24. The summed E-state index contributed by atoms with van der Waals surface area (Å²) in [6.45, 7) is 3.64. The van der Waals surface area contributed by atoms with E-state index in [0.29, 0.717) is 26.4 Å². The van der Waals surface area contributed by atoms with Crippen LogP contribution in [0, 0.1) is 10.1 Å². The van der Waals surface area contributed by atoms with E-state index in [1.54, 1.807) is 49.9 Å². The number of nitrogens with zero attached hydrogens (tertiary/aromatic N) is 3. The summed E-state index contributed by atoms with van der Waals surface area (Å²) in [5.41, 5.74) is 1.24. The molecule has 5 rings (SSSR count). The van der Waals surface area contributed by atoms with Gasteiger partial charge in [-0.15, -0.1) is 11.8 Å². The minimum absolute atomic E-state index is 0.185. The number of thiazole rings is 1. The van der Waals surface area contributed by atoms with Gasteiger partial charge in [-0.1, -0.05) is 35.1 Å². The van der Waals surface area contributed by atoms with E-state index < -0.39 is 16.9 Å². The summed E-state index contributed by atoms with van der Waals surface area (Å²) < 4.78 is 13.0. The van der Waals surface area contributed by atoms with Crippen LogP contribution in [0.15, 0.2) is 85.0 Å². The number of furan rings is 1. The lowest BCUT2D eigenvalue weighted by atomic mass is 9.96. The minimum Gasteiger partial charge on any atom is -0.463 e. The predicted octanol–water partition coefficient (Wildman–Crippen LogP) is 5.34. The fraction of sp³-hybridized carbons (Fsp3) is 0.179. The van der Waals surface area contributed by atoms with E-state index in [4.69, 9.17) is 20.8 Å². The molecular formula is C28H22ClN3O6S2. The SMILES string of the molecule is CCOC(=O)C1=C(C)N=c2s/c(=C\c3ccc(-c4ccc(Cl)cc4[N+](=O)[O-])o3)c(=O)n2C1c1ccc(SC)cc1. The van der Waals surface area contributed by atoms with Crippen LogP contribution in [0.1, 0.15) is 31.2 Å². The monoisotopic (exact) mass is 595 g/mol.